The SMILES string of the molecule is CC1CCC2(CC1)NC(=O)N(CC(=O)N1C[C@H](C)C[C@H](C)C1)C2=O. The van der Waals surface area contributed by atoms with E-state index in [0.717, 1.165) is 37.3 Å². The van der Waals surface area contributed by atoms with E-state index in [1.165, 1.54) is 0 Å². The van der Waals surface area contributed by atoms with Crippen LogP contribution in [0.5, 0.6) is 0 Å². The van der Waals surface area contributed by atoms with Crippen LogP contribution in [0.2, 0.25) is 0 Å². The third-order valence-electron chi connectivity index (χ3n) is 5.89. The van der Waals surface area contributed by atoms with Crippen LogP contribution in [-0.2, 0) is 9.59 Å². The van der Waals surface area contributed by atoms with Crippen LogP contribution < -0.4 is 5.32 Å². The molecular weight excluding hydrogens is 306 g/mol. The van der Waals surface area contributed by atoms with Crippen LogP contribution in [0.15, 0.2) is 0 Å². The fourth-order valence-corrected chi connectivity index (χ4v) is 4.52. The number of nitrogens with zero attached hydrogens (tertiary/aromatic N) is 2. The van der Waals surface area contributed by atoms with Crippen molar-refractivity contribution in [2.24, 2.45) is 17.8 Å². The minimum absolute atomic E-state index is 0.113. The molecule has 2 atom stereocenters. The largest absolute Gasteiger partial charge is 0.341 e. The number of hydrogen-bond donors (Lipinski definition) is 1. The first kappa shape index (κ1) is 17.2. The van der Waals surface area contributed by atoms with E-state index in [1.54, 1.807) is 0 Å². The summed E-state index contributed by atoms with van der Waals surface area (Å²) >= 11 is 0. The Balaban J connectivity index is 1.65. The van der Waals surface area contributed by atoms with Gasteiger partial charge in [-0.2, -0.15) is 0 Å². The minimum atomic E-state index is -0.758. The summed E-state index contributed by atoms with van der Waals surface area (Å²) in [6, 6.07) is -0.402. The minimum Gasteiger partial charge on any atom is -0.341 e. The molecule has 0 bridgehead atoms. The lowest BCUT2D eigenvalue weighted by atomic mass is 9.77. The molecule has 2 saturated heterocycles. The maximum atomic E-state index is 12.8. The van der Waals surface area contributed by atoms with E-state index >= 15 is 0 Å². The van der Waals surface area contributed by atoms with Gasteiger partial charge in [-0.05, 0) is 49.9 Å². The van der Waals surface area contributed by atoms with E-state index in [1.807, 2.05) is 4.90 Å². The summed E-state index contributed by atoms with van der Waals surface area (Å²) in [6.07, 6.45) is 4.36. The number of nitrogens with one attached hydrogen (secondary N) is 1. The number of hydrogen-bond acceptors (Lipinski definition) is 3. The average Bonchev–Trinajstić information content (AvgIpc) is 2.74. The molecule has 1 saturated carbocycles. The van der Waals surface area contributed by atoms with Crippen molar-refractivity contribution in [3.05, 3.63) is 0 Å². The molecule has 6 heteroatoms. The molecule has 3 rings (SSSR count). The van der Waals surface area contributed by atoms with Crippen molar-refractivity contribution in [2.45, 2.75) is 58.4 Å². The van der Waals surface area contributed by atoms with E-state index in [0.29, 0.717) is 30.6 Å². The van der Waals surface area contributed by atoms with Crippen molar-refractivity contribution >= 4 is 17.8 Å². The van der Waals surface area contributed by atoms with Crippen LogP contribution in [0, 0.1) is 17.8 Å². The number of imide groups is 1. The number of piperidine rings is 1. The predicted molar refractivity (Wildman–Crippen MR) is 90.1 cm³/mol. The normalized spacial score (nSPS) is 37.0. The molecule has 0 radical (unpaired) electrons. The number of amides is 4. The number of carbonyl (C=O) groups excluding carboxylic acids is 3. The Morgan fingerprint density at radius 3 is 2.25 bits per heavy atom. The van der Waals surface area contributed by atoms with Crippen molar-refractivity contribution in [1.82, 2.24) is 15.1 Å². The zero-order valence-corrected chi connectivity index (χ0v) is 15.0. The maximum Gasteiger partial charge on any atom is 0.325 e. The monoisotopic (exact) mass is 335 g/mol. The van der Waals surface area contributed by atoms with Crippen molar-refractivity contribution in [1.29, 1.82) is 0 Å². The standard InChI is InChI=1S/C18H29N3O3/c1-12-4-6-18(7-5-12)16(23)21(17(24)19-18)11-15(22)20-9-13(2)8-14(3)10-20/h12-14H,4-11H2,1-3H3,(H,19,24)/t12?,13-,14+,18?. The molecule has 134 valence electrons. The highest BCUT2D eigenvalue weighted by Gasteiger charge is 2.52. The zero-order chi connectivity index (χ0) is 17.5. The van der Waals surface area contributed by atoms with Crippen molar-refractivity contribution in [2.75, 3.05) is 19.6 Å². The molecule has 0 unspecified atom stereocenters. The molecule has 3 fully saturated rings. The lowest BCUT2D eigenvalue weighted by Gasteiger charge is -2.36. The fraction of sp³-hybridized carbons (Fsp3) is 0.833. The molecule has 3 aliphatic rings. The van der Waals surface area contributed by atoms with Gasteiger partial charge in [0.2, 0.25) is 5.91 Å². The highest BCUT2D eigenvalue weighted by Crippen LogP contribution is 2.36. The highest BCUT2D eigenvalue weighted by atomic mass is 16.2. The molecule has 6 nitrogen and oxygen atoms in total. The first-order chi connectivity index (χ1) is 11.3. The first-order valence-corrected chi connectivity index (χ1v) is 9.22. The molecule has 0 aromatic carbocycles. The predicted octanol–water partition coefficient (Wildman–Crippen LogP) is 1.99. The maximum absolute atomic E-state index is 12.8. The van der Waals surface area contributed by atoms with E-state index in [-0.39, 0.29) is 18.4 Å². The van der Waals surface area contributed by atoms with Crippen LogP contribution in [-0.4, -0.2) is 52.8 Å². The van der Waals surface area contributed by atoms with Crippen LogP contribution in [0.3, 0.4) is 0 Å². The number of rotatable bonds is 2. The van der Waals surface area contributed by atoms with Crippen LogP contribution >= 0.6 is 0 Å². The van der Waals surface area contributed by atoms with Crippen molar-refractivity contribution in [3.8, 4) is 0 Å². The van der Waals surface area contributed by atoms with Gasteiger partial charge in [-0.3, -0.25) is 14.5 Å². The molecule has 0 aromatic heterocycles. The Labute approximate surface area is 143 Å². The molecule has 0 aromatic rings. The van der Waals surface area contributed by atoms with E-state index in [9.17, 15) is 14.4 Å². The lowest BCUT2D eigenvalue weighted by Crippen LogP contribution is -2.51. The summed E-state index contributed by atoms with van der Waals surface area (Å²) in [5.41, 5.74) is -0.758. The van der Waals surface area contributed by atoms with Gasteiger partial charge < -0.3 is 10.2 Å². The third kappa shape index (κ3) is 3.15. The van der Waals surface area contributed by atoms with Gasteiger partial charge in [-0.25, -0.2) is 4.79 Å². The Bertz CT molecular complexity index is 530. The molecule has 2 heterocycles. The van der Waals surface area contributed by atoms with Gasteiger partial charge in [0.25, 0.3) is 5.91 Å². The number of carbonyl (C=O) groups is 3. The molecule has 2 aliphatic heterocycles. The van der Waals surface area contributed by atoms with Gasteiger partial charge in [0.1, 0.15) is 12.1 Å². The van der Waals surface area contributed by atoms with Gasteiger partial charge in [-0.15, -0.1) is 0 Å². The Kier molecular flexibility index (Phi) is 4.58. The van der Waals surface area contributed by atoms with Gasteiger partial charge in [0.15, 0.2) is 0 Å². The smallest absolute Gasteiger partial charge is 0.325 e. The van der Waals surface area contributed by atoms with Crippen LogP contribution in [0.4, 0.5) is 4.79 Å². The summed E-state index contributed by atoms with van der Waals surface area (Å²) in [5.74, 6) is 1.20. The second-order valence-corrected chi connectivity index (χ2v) is 8.33. The Morgan fingerprint density at radius 1 is 1.08 bits per heavy atom. The molecule has 1 aliphatic carbocycles. The van der Waals surface area contributed by atoms with Gasteiger partial charge in [0, 0.05) is 13.1 Å². The fourth-order valence-electron chi connectivity index (χ4n) is 4.52. The van der Waals surface area contributed by atoms with Crippen LogP contribution in [0.1, 0.15) is 52.9 Å². The van der Waals surface area contributed by atoms with E-state index < -0.39 is 11.6 Å². The van der Waals surface area contributed by atoms with Crippen LogP contribution in [0.25, 0.3) is 0 Å². The van der Waals surface area contributed by atoms with Crippen molar-refractivity contribution in [3.63, 3.8) is 0 Å². The quantitative estimate of drug-likeness (QED) is 0.785. The topological polar surface area (TPSA) is 69.7 Å². The van der Waals surface area contributed by atoms with Gasteiger partial charge >= 0.3 is 6.03 Å². The number of urea groups is 1. The summed E-state index contributed by atoms with van der Waals surface area (Å²) < 4.78 is 0. The van der Waals surface area contributed by atoms with Gasteiger partial charge in [0.05, 0.1) is 0 Å². The van der Waals surface area contributed by atoms with Crippen molar-refractivity contribution < 1.29 is 14.4 Å². The average molecular weight is 335 g/mol. The molecule has 24 heavy (non-hydrogen) atoms. The summed E-state index contributed by atoms with van der Waals surface area (Å²) in [5, 5.41) is 2.88. The van der Waals surface area contributed by atoms with E-state index in [4.69, 9.17) is 0 Å². The molecule has 4 amide bonds. The van der Waals surface area contributed by atoms with Gasteiger partial charge in [-0.1, -0.05) is 20.8 Å². The Hall–Kier alpha value is -1.59. The molecule has 1 N–H and O–H groups in total. The third-order valence-corrected chi connectivity index (χ3v) is 5.89. The summed E-state index contributed by atoms with van der Waals surface area (Å²) in [6.45, 7) is 7.77. The zero-order valence-electron chi connectivity index (χ0n) is 15.0. The molecular formula is C18H29N3O3. The van der Waals surface area contributed by atoms with E-state index in [2.05, 4.69) is 26.1 Å². The number of likely N-dealkylation sites (tertiary alicyclic amines) is 1. The first-order valence-electron chi connectivity index (χ1n) is 9.22. The lowest BCUT2D eigenvalue weighted by molar-refractivity contribution is -0.141. The second-order valence-electron chi connectivity index (χ2n) is 8.33. The second kappa shape index (κ2) is 6.37. The Morgan fingerprint density at radius 2 is 1.67 bits per heavy atom. The molecule has 1 spiro atoms. The summed E-state index contributed by atoms with van der Waals surface area (Å²) in [7, 11) is 0. The highest BCUT2D eigenvalue weighted by molar-refractivity contribution is 6.09. The summed E-state index contributed by atoms with van der Waals surface area (Å²) in [4.78, 5) is 40.7.